The zero-order valence-electron chi connectivity index (χ0n) is 10.3. The fourth-order valence-electron chi connectivity index (χ4n) is 2.11. The average molecular weight is 291 g/mol. The predicted molar refractivity (Wildman–Crippen MR) is 76.5 cm³/mol. The number of anilines is 1. The van der Waals surface area contributed by atoms with Crippen molar-refractivity contribution in [3.63, 3.8) is 0 Å². The van der Waals surface area contributed by atoms with E-state index in [1.165, 1.54) is 12.1 Å². The van der Waals surface area contributed by atoms with Crippen molar-refractivity contribution in [3.05, 3.63) is 47.5 Å². The zero-order chi connectivity index (χ0) is 14.3. The van der Waals surface area contributed by atoms with Gasteiger partial charge in [0.25, 0.3) is 0 Å². The van der Waals surface area contributed by atoms with Crippen molar-refractivity contribution in [2.24, 2.45) is 5.10 Å². The first-order valence-electron chi connectivity index (χ1n) is 5.90. The molecule has 2 aromatic rings. The van der Waals surface area contributed by atoms with Gasteiger partial charge < -0.3 is 15.3 Å². The van der Waals surface area contributed by atoms with Crippen LogP contribution in [0.1, 0.15) is 11.1 Å². The number of aromatic hydroxyl groups is 3. The number of halogens is 1. The molecule has 6 heteroatoms. The number of phenolic OH excluding ortho intramolecular Hbond substituents is 3. The second kappa shape index (κ2) is 4.61. The summed E-state index contributed by atoms with van der Waals surface area (Å²) in [5, 5.41) is 34.7. The molecule has 1 aliphatic rings. The molecule has 0 aromatic heterocycles. The molecule has 0 saturated heterocycles. The molecule has 0 radical (unpaired) electrons. The monoisotopic (exact) mass is 290 g/mol. The highest BCUT2D eigenvalue weighted by Crippen LogP contribution is 2.34. The summed E-state index contributed by atoms with van der Waals surface area (Å²) in [7, 11) is 0. The molecule has 3 rings (SSSR count). The molecule has 0 amide bonds. The molecule has 0 aliphatic carbocycles. The summed E-state index contributed by atoms with van der Waals surface area (Å²) in [6.07, 6.45) is 0. The standard InChI is InChI=1S/C14H11ClN2O3/c15-14-11-5-10(19)6-13(20)12(11)7-17(16-14)8-1-3-9(18)4-2-8/h1-6,18-20H,7H2. The van der Waals surface area contributed by atoms with Crippen molar-refractivity contribution in [2.75, 3.05) is 5.01 Å². The lowest BCUT2D eigenvalue weighted by molar-refractivity contribution is 0.444. The first kappa shape index (κ1) is 12.6. The van der Waals surface area contributed by atoms with E-state index < -0.39 is 0 Å². The van der Waals surface area contributed by atoms with Crippen LogP contribution in [0, 0.1) is 0 Å². The molecule has 0 saturated carbocycles. The van der Waals surface area contributed by atoms with Crippen molar-refractivity contribution >= 4 is 22.5 Å². The molecule has 0 bridgehead atoms. The Kier molecular flexibility index (Phi) is 2.91. The predicted octanol–water partition coefficient (Wildman–Crippen LogP) is 2.72. The maximum absolute atomic E-state index is 9.92. The number of benzene rings is 2. The van der Waals surface area contributed by atoms with Crippen molar-refractivity contribution in [1.29, 1.82) is 0 Å². The van der Waals surface area contributed by atoms with Crippen LogP contribution in [-0.2, 0) is 6.54 Å². The van der Waals surface area contributed by atoms with Gasteiger partial charge in [-0.15, -0.1) is 0 Å². The Morgan fingerprint density at radius 1 is 1.00 bits per heavy atom. The lowest BCUT2D eigenvalue weighted by Gasteiger charge is -2.26. The summed E-state index contributed by atoms with van der Waals surface area (Å²) in [5.41, 5.74) is 1.84. The maximum Gasteiger partial charge on any atom is 0.157 e. The van der Waals surface area contributed by atoms with Crippen LogP contribution in [0.5, 0.6) is 17.2 Å². The molecule has 3 N–H and O–H groups in total. The summed E-state index contributed by atoms with van der Waals surface area (Å²) in [6.45, 7) is 0.322. The number of fused-ring (bicyclic) bond motifs is 1. The quantitative estimate of drug-likeness (QED) is 0.755. The van der Waals surface area contributed by atoms with E-state index in [4.69, 9.17) is 11.6 Å². The van der Waals surface area contributed by atoms with Crippen LogP contribution >= 0.6 is 11.6 Å². The summed E-state index contributed by atoms with van der Waals surface area (Å²) in [4.78, 5) is 0. The Labute approximate surface area is 120 Å². The Balaban J connectivity index is 2.04. The fourth-order valence-corrected chi connectivity index (χ4v) is 2.37. The van der Waals surface area contributed by atoms with E-state index in [1.54, 1.807) is 29.3 Å². The van der Waals surface area contributed by atoms with Gasteiger partial charge in [0, 0.05) is 17.2 Å². The van der Waals surface area contributed by atoms with E-state index in [-0.39, 0.29) is 22.4 Å². The van der Waals surface area contributed by atoms with Crippen molar-refractivity contribution in [1.82, 2.24) is 0 Å². The number of hydrogen-bond donors (Lipinski definition) is 3. The largest absolute Gasteiger partial charge is 0.508 e. The molecular formula is C14H11ClN2O3. The van der Waals surface area contributed by atoms with Gasteiger partial charge in [-0.2, -0.15) is 5.10 Å². The lowest BCUT2D eigenvalue weighted by atomic mass is 10.0. The molecule has 1 aliphatic heterocycles. The molecule has 0 spiro atoms. The van der Waals surface area contributed by atoms with Crippen LogP contribution in [0.3, 0.4) is 0 Å². The summed E-state index contributed by atoms with van der Waals surface area (Å²) in [5.74, 6) is 0.0681. The molecule has 5 nitrogen and oxygen atoms in total. The molecule has 2 aromatic carbocycles. The van der Waals surface area contributed by atoms with Gasteiger partial charge in [-0.05, 0) is 30.3 Å². The van der Waals surface area contributed by atoms with E-state index in [9.17, 15) is 15.3 Å². The first-order chi connectivity index (χ1) is 9.54. The smallest absolute Gasteiger partial charge is 0.157 e. The van der Waals surface area contributed by atoms with E-state index >= 15 is 0 Å². The molecule has 102 valence electrons. The minimum absolute atomic E-state index is 0.0307. The minimum Gasteiger partial charge on any atom is -0.508 e. The van der Waals surface area contributed by atoms with Gasteiger partial charge in [0.15, 0.2) is 5.17 Å². The van der Waals surface area contributed by atoms with E-state index in [0.29, 0.717) is 17.7 Å². The zero-order valence-corrected chi connectivity index (χ0v) is 11.0. The van der Waals surface area contributed by atoms with Gasteiger partial charge in [-0.1, -0.05) is 11.6 Å². The topological polar surface area (TPSA) is 76.3 Å². The van der Waals surface area contributed by atoms with E-state index in [0.717, 1.165) is 5.69 Å². The Morgan fingerprint density at radius 2 is 1.70 bits per heavy atom. The van der Waals surface area contributed by atoms with Crippen LogP contribution < -0.4 is 5.01 Å². The molecular weight excluding hydrogens is 280 g/mol. The number of hydrogen-bond acceptors (Lipinski definition) is 5. The molecule has 0 fully saturated rings. The first-order valence-corrected chi connectivity index (χ1v) is 6.28. The van der Waals surface area contributed by atoms with Crippen molar-refractivity contribution in [3.8, 4) is 17.2 Å². The highest BCUT2D eigenvalue weighted by molar-refractivity contribution is 6.70. The minimum atomic E-state index is -0.0623. The highest BCUT2D eigenvalue weighted by atomic mass is 35.5. The summed E-state index contributed by atoms with van der Waals surface area (Å²) in [6, 6.07) is 9.23. The van der Waals surface area contributed by atoms with Crippen LogP contribution in [0.25, 0.3) is 0 Å². The van der Waals surface area contributed by atoms with Gasteiger partial charge in [-0.25, -0.2) is 0 Å². The van der Waals surface area contributed by atoms with Crippen molar-refractivity contribution < 1.29 is 15.3 Å². The Morgan fingerprint density at radius 3 is 2.40 bits per heavy atom. The van der Waals surface area contributed by atoms with Crippen LogP contribution in [0.15, 0.2) is 41.5 Å². The van der Waals surface area contributed by atoms with E-state index in [1.807, 2.05) is 0 Å². The maximum atomic E-state index is 9.92. The highest BCUT2D eigenvalue weighted by Gasteiger charge is 2.22. The lowest BCUT2D eigenvalue weighted by Crippen LogP contribution is -2.23. The second-order valence-electron chi connectivity index (χ2n) is 4.46. The molecule has 20 heavy (non-hydrogen) atoms. The van der Waals surface area contributed by atoms with Crippen LogP contribution in [0.2, 0.25) is 0 Å². The third-order valence-corrected chi connectivity index (χ3v) is 3.38. The Bertz CT molecular complexity index is 698. The molecule has 0 atom stereocenters. The van der Waals surface area contributed by atoms with Gasteiger partial charge in [0.2, 0.25) is 0 Å². The fraction of sp³-hybridized carbons (Fsp3) is 0.0714. The number of hydrazone groups is 1. The number of rotatable bonds is 1. The number of nitrogens with zero attached hydrogens (tertiary/aromatic N) is 2. The average Bonchev–Trinajstić information content (AvgIpc) is 2.40. The summed E-state index contributed by atoms with van der Waals surface area (Å²) < 4.78 is 0. The van der Waals surface area contributed by atoms with Gasteiger partial charge in [-0.3, -0.25) is 5.01 Å². The number of phenols is 3. The van der Waals surface area contributed by atoms with Gasteiger partial charge in [0.1, 0.15) is 17.2 Å². The van der Waals surface area contributed by atoms with Crippen molar-refractivity contribution in [2.45, 2.75) is 6.54 Å². The normalized spacial score (nSPS) is 13.8. The van der Waals surface area contributed by atoms with Crippen LogP contribution in [-0.4, -0.2) is 20.5 Å². The third kappa shape index (κ3) is 2.12. The van der Waals surface area contributed by atoms with Gasteiger partial charge >= 0.3 is 0 Å². The van der Waals surface area contributed by atoms with Crippen LogP contribution in [0.4, 0.5) is 5.69 Å². The molecule has 1 heterocycles. The second-order valence-corrected chi connectivity index (χ2v) is 4.81. The molecule has 0 unspecified atom stereocenters. The van der Waals surface area contributed by atoms with Gasteiger partial charge in [0.05, 0.1) is 12.2 Å². The van der Waals surface area contributed by atoms with E-state index in [2.05, 4.69) is 5.10 Å². The third-order valence-electron chi connectivity index (χ3n) is 3.10. The SMILES string of the molecule is Oc1ccc(N2Cc3c(O)cc(O)cc3C(Cl)=N2)cc1. The summed E-state index contributed by atoms with van der Waals surface area (Å²) >= 11 is 6.10. The Hall–Kier alpha value is -2.40.